The molecule has 0 bridgehead atoms. The zero-order chi connectivity index (χ0) is 31.4. The van der Waals surface area contributed by atoms with Gasteiger partial charge < -0.3 is 19.9 Å². The fourth-order valence-electron chi connectivity index (χ4n) is 6.02. The Morgan fingerprint density at radius 1 is 1.14 bits per heavy atom. The molecule has 1 aliphatic carbocycles. The topological polar surface area (TPSA) is 128 Å². The third-order valence-corrected chi connectivity index (χ3v) is 10.6. The molecule has 3 aliphatic rings. The van der Waals surface area contributed by atoms with Crippen LogP contribution in [-0.4, -0.2) is 68.0 Å². The second kappa shape index (κ2) is 13.9. The number of carbonyl (C=O) groups excluding carboxylic acids is 1. The maximum Gasteiger partial charge on any atom is 0.323 e. The molecule has 0 amide bonds. The maximum atomic E-state index is 12.7. The Labute approximate surface area is 252 Å². The van der Waals surface area contributed by atoms with E-state index in [-0.39, 0.29) is 30.0 Å². The molecule has 9 nitrogen and oxygen atoms in total. The van der Waals surface area contributed by atoms with Crippen LogP contribution in [0.3, 0.4) is 0 Å². The van der Waals surface area contributed by atoms with Crippen molar-refractivity contribution in [2.45, 2.75) is 83.7 Å². The number of esters is 1. The minimum atomic E-state index is -4.01. The number of methoxy groups -OCH3 is 2. The van der Waals surface area contributed by atoms with E-state index < -0.39 is 20.9 Å². The van der Waals surface area contributed by atoms with Crippen molar-refractivity contribution in [2.24, 2.45) is 29.4 Å². The molecular formula is C32H50N2O7S. The van der Waals surface area contributed by atoms with Gasteiger partial charge in [0.15, 0.2) is 11.5 Å². The molecule has 42 heavy (non-hydrogen) atoms. The molecule has 0 spiro atoms. The van der Waals surface area contributed by atoms with Gasteiger partial charge in [0.05, 0.1) is 14.2 Å². The zero-order valence-corrected chi connectivity index (χ0v) is 27.2. The van der Waals surface area contributed by atoms with Crippen molar-refractivity contribution in [1.82, 2.24) is 4.90 Å². The van der Waals surface area contributed by atoms with Gasteiger partial charge in [-0.3, -0.25) is 14.2 Å². The Bertz CT molecular complexity index is 1260. The van der Waals surface area contributed by atoms with E-state index in [1.807, 2.05) is 13.8 Å². The Morgan fingerprint density at radius 3 is 2.31 bits per heavy atom. The van der Waals surface area contributed by atoms with Gasteiger partial charge in [0.1, 0.15) is 16.9 Å². The quantitative estimate of drug-likeness (QED) is 0.312. The van der Waals surface area contributed by atoms with Crippen molar-refractivity contribution in [1.29, 1.82) is 0 Å². The van der Waals surface area contributed by atoms with E-state index >= 15 is 0 Å². The molecule has 2 aliphatic heterocycles. The molecule has 2 unspecified atom stereocenters. The van der Waals surface area contributed by atoms with Crippen molar-refractivity contribution in [2.75, 3.05) is 27.3 Å². The van der Waals surface area contributed by atoms with Gasteiger partial charge in [-0.1, -0.05) is 58.9 Å². The molecule has 236 valence electrons. The first kappa shape index (κ1) is 34.1. The Kier molecular flexibility index (Phi) is 11.3. The van der Waals surface area contributed by atoms with E-state index in [2.05, 4.69) is 30.9 Å². The summed E-state index contributed by atoms with van der Waals surface area (Å²) in [5.74, 6) is 1.98. The van der Waals surface area contributed by atoms with E-state index in [1.54, 1.807) is 39.4 Å². The van der Waals surface area contributed by atoms with E-state index in [4.69, 9.17) is 24.5 Å². The van der Waals surface area contributed by atoms with Crippen LogP contribution in [0.25, 0.3) is 0 Å². The van der Waals surface area contributed by atoms with Crippen LogP contribution in [0.2, 0.25) is 0 Å². The normalized spacial score (nSPS) is 27.9. The number of hydrogen-bond donors (Lipinski definition) is 2. The highest BCUT2D eigenvalue weighted by Crippen LogP contribution is 2.44. The fraction of sp³-hybridized carbons (Fsp3) is 0.656. The molecule has 1 aromatic carbocycles. The highest BCUT2D eigenvalue weighted by molar-refractivity contribution is 7.87. The highest BCUT2D eigenvalue weighted by Gasteiger charge is 2.42. The summed E-state index contributed by atoms with van der Waals surface area (Å²) in [6.07, 6.45) is 9.37. The largest absolute Gasteiger partial charge is 0.493 e. The second-order valence-electron chi connectivity index (χ2n) is 12.7. The van der Waals surface area contributed by atoms with Gasteiger partial charge in [0.2, 0.25) is 0 Å². The summed E-state index contributed by atoms with van der Waals surface area (Å²) in [6.45, 7) is 13.6. The first-order valence-corrected chi connectivity index (χ1v) is 16.3. The number of ether oxygens (including phenoxy) is 3. The van der Waals surface area contributed by atoms with Gasteiger partial charge in [0.25, 0.3) is 10.1 Å². The van der Waals surface area contributed by atoms with E-state index in [1.165, 1.54) is 24.1 Å². The lowest BCUT2D eigenvalue weighted by atomic mass is 9.79. The van der Waals surface area contributed by atoms with Crippen LogP contribution < -0.4 is 15.2 Å². The number of rotatable bonds is 8. The van der Waals surface area contributed by atoms with Gasteiger partial charge in [0, 0.05) is 31.5 Å². The highest BCUT2D eigenvalue weighted by atomic mass is 32.2. The smallest absolute Gasteiger partial charge is 0.323 e. The van der Waals surface area contributed by atoms with Crippen molar-refractivity contribution in [3.05, 3.63) is 47.6 Å². The molecule has 10 heteroatoms. The first-order valence-electron chi connectivity index (χ1n) is 14.9. The van der Waals surface area contributed by atoms with Crippen molar-refractivity contribution >= 4 is 16.1 Å². The number of piperidine rings is 1. The molecule has 0 radical (unpaired) electrons. The minimum absolute atomic E-state index is 0.0632. The lowest BCUT2D eigenvalue weighted by molar-refractivity contribution is -0.160. The summed E-state index contributed by atoms with van der Waals surface area (Å²) in [5.41, 5.74) is 8.64. The van der Waals surface area contributed by atoms with Gasteiger partial charge in [-0.15, -0.1) is 0 Å². The predicted octanol–water partition coefficient (Wildman–Crippen LogP) is 4.96. The summed E-state index contributed by atoms with van der Waals surface area (Å²) in [7, 11) is -0.673. The summed E-state index contributed by atoms with van der Waals surface area (Å²) >= 11 is 0. The lowest BCUT2D eigenvalue weighted by Gasteiger charge is -2.47. The number of nitrogens with two attached hydrogens (primary N) is 1. The second-order valence-corrected chi connectivity index (χ2v) is 14.6. The summed E-state index contributed by atoms with van der Waals surface area (Å²) < 4.78 is 46.9. The van der Waals surface area contributed by atoms with E-state index in [0.29, 0.717) is 11.8 Å². The fourth-order valence-corrected chi connectivity index (χ4v) is 6.82. The van der Waals surface area contributed by atoms with Crippen LogP contribution in [0.1, 0.15) is 71.6 Å². The summed E-state index contributed by atoms with van der Waals surface area (Å²) in [5, 5.41) is 0. The molecule has 1 fully saturated rings. The van der Waals surface area contributed by atoms with Crippen molar-refractivity contribution in [3.63, 3.8) is 0 Å². The molecule has 3 N–H and O–H groups in total. The number of nitrogens with zero attached hydrogens (tertiary/aromatic N) is 1. The van der Waals surface area contributed by atoms with E-state index in [9.17, 15) is 13.2 Å². The predicted molar refractivity (Wildman–Crippen MR) is 165 cm³/mol. The van der Waals surface area contributed by atoms with Gasteiger partial charge in [-0.05, 0) is 60.8 Å². The van der Waals surface area contributed by atoms with Crippen LogP contribution >= 0.6 is 0 Å². The molecule has 0 aromatic heterocycles. The molecular weight excluding hydrogens is 556 g/mol. The van der Waals surface area contributed by atoms with Gasteiger partial charge >= 0.3 is 5.97 Å². The minimum Gasteiger partial charge on any atom is -0.493 e. The number of hydrogen-bond acceptors (Lipinski definition) is 8. The molecule has 1 saturated heterocycles. The van der Waals surface area contributed by atoms with Crippen molar-refractivity contribution in [3.8, 4) is 11.5 Å². The molecule has 2 heterocycles. The summed E-state index contributed by atoms with van der Waals surface area (Å²) in [6, 6.07) is 3.84. The monoisotopic (exact) mass is 606 g/mol. The Hall–Kier alpha value is -2.40. The first-order chi connectivity index (χ1) is 19.6. The summed E-state index contributed by atoms with van der Waals surface area (Å²) in [4.78, 5) is 15.2. The van der Waals surface area contributed by atoms with Gasteiger partial charge in [-0.2, -0.15) is 8.42 Å². The average Bonchev–Trinajstić information content (AvgIpc) is 2.93. The van der Waals surface area contributed by atoms with Crippen LogP contribution in [0.5, 0.6) is 11.5 Å². The Morgan fingerprint density at radius 2 is 1.79 bits per heavy atom. The number of fused-ring (bicyclic) bond motifs is 3. The number of carbonyl (C=O) groups is 1. The van der Waals surface area contributed by atoms with Crippen molar-refractivity contribution < 1.29 is 32.0 Å². The number of allylic oxidation sites excluding steroid dienone is 3. The zero-order valence-electron chi connectivity index (χ0n) is 26.4. The SMILES string of the molecule is CC1C=CC=CC1(C)S(=O)(=O)O.COc1cc2c(cc1OC)[C@H]1C[C@@H](OC(=O)[C@@H](N)C(C)C)[C@H](CC(C)C)CN1CC2. The molecule has 6 atom stereocenters. The van der Waals surface area contributed by atoms with Crippen LogP contribution in [0.4, 0.5) is 0 Å². The standard InChI is InChI=1S/C24H38N2O4.C8H12O3S/c1-14(2)9-17-13-26-8-7-16-10-21(28-5)22(29-6)11-18(16)19(26)12-20(17)30-24(27)23(25)15(3)4;1-7-5-3-4-6-8(7,2)12(9,10)11/h10-11,14-15,17,19-20,23H,7-9,12-13,25H2,1-6H3;3-7H,1-2H3,(H,9,10,11)/t17-,19-,20-,23+;/m1./s1. The third-order valence-electron chi connectivity index (χ3n) is 8.99. The van der Waals surface area contributed by atoms with E-state index in [0.717, 1.165) is 43.9 Å². The molecule has 0 saturated carbocycles. The average molecular weight is 607 g/mol. The number of benzene rings is 1. The van der Waals surface area contributed by atoms with Gasteiger partial charge in [-0.25, -0.2) is 0 Å². The lowest BCUT2D eigenvalue weighted by Crippen LogP contribution is -2.51. The molecule has 1 aromatic rings. The molecule has 4 rings (SSSR count). The van der Waals surface area contributed by atoms with Crippen LogP contribution in [0.15, 0.2) is 36.4 Å². The van der Waals surface area contributed by atoms with Crippen LogP contribution in [-0.2, 0) is 26.1 Å². The third kappa shape index (κ3) is 7.56. The Balaban J connectivity index is 0.000000337. The maximum absolute atomic E-state index is 12.7. The van der Waals surface area contributed by atoms with Crippen LogP contribution in [0, 0.1) is 23.7 Å².